The second kappa shape index (κ2) is 7.47. The number of amides is 1. The van der Waals surface area contributed by atoms with Crippen molar-refractivity contribution in [2.45, 2.75) is 43.9 Å². The van der Waals surface area contributed by atoms with E-state index in [1.54, 1.807) is 29.0 Å². The number of fused-ring (bicyclic) bond motifs is 2. The summed E-state index contributed by atoms with van der Waals surface area (Å²) < 4.78 is 28.5. The highest BCUT2D eigenvalue weighted by Gasteiger charge is 2.22. The average Bonchev–Trinajstić information content (AvgIpc) is 3.24. The molecule has 1 N–H and O–H groups in total. The summed E-state index contributed by atoms with van der Waals surface area (Å²) in [7, 11) is -3.59. The van der Waals surface area contributed by atoms with Crippen LogP contribution in [0.3, 0.4) is 0 Å². The number of rotatable bonds is 6. The van der Waals surface area contributed by atoms with Crippen LogP contribution in [0.5, 0.6) is 0 Å². The van der Waals surface area contributed by atoms with Gasteiger partial charge < -0.3 is 5.32 Å². The molecule has 1 aliphatic heterocycles. The number of imidazole rings is 1. The van der Waals surface area contributed by atoms with Gasteiger partial charge in [0.25, 0.3) is 5.91 Å². The monoisotopic (exact) mass is 418 g/mol. The van der Waals surface area contributed by atoms with Gasteiger partial charge in [-0.05, 0) is 31.4 Å². The van der Waals surface area contributed by atoms with E-state index in [-0.39, 0.29) is 16.5 Å². The minimum Gasteiger partial charge on any atom is -0.351 e. The third-order valence-electron chi connectivity index (χ3n) is 4.93. The summed E-state index contributed by atoms with van der Waals surface area (Å²) >= 11 is 0. The molecular formula is C18H22N6O4S. The van der Waals surface area contributed by atoms with Gasteiger partial charge in [-0.25, -0.2) is 22.9 Å². The van der Waals surface area contributed by atoms with E-state index in [0.29, 0.717) is 31.6 Å². The highest BCUT2D eigenvalue weighted by molar-refractivity contribution is 7.90. The number of aromatic nitrogens is 5. The summed E-state index contributed by atoms with van der Waals surface area (Å²) in [6.07, 6.45) is 5.98. The van der Waals surface area contributed by atoms with E-state index in [0.717, 1.165) is 31.3 Å². The lowest BCUT2D eigenvalue weighted by atomic mass is 10.2. The fourth-order valence-corrected chi connectivity index (χ4v) is 4.32. The SMILES string of the molecule is CS(=O)(=O)c1nc(C(=O)NCCCn2nc3n(c2=O)CCCC3)c2ccccn12. The van der Waals surface area contributed by atoms with Crippen LogP contribution in [0.25, 0.3) is 5.52 Å². The molecule has 0 unspecified atom stereocenters. The molecule has 0 aromatic carbocycles. The lowest BCUT2D eigenvalue weighted by Gasteiger charge is -2.09. The highest BCUT2D eigenvalue weighted by atomic mass is 32.2. The smallest absolute Gasteiger partial charge is 0.345 e. The minimum atomic E-state index is -3.59. The van der Waals surface area contributed by atoms with E-state index < -0.39 is 15.7 Å². The molecule has 4 heterocycles. The first-order valence-electron chi connectivity index (χ1n) is 9.48. The Morgan fingerprint density at radius 1 is 1.28 bits per heavy atom. The van der Waals surface area contributed by atoms with E-state index in [1.165, 1.54) is 9.08 Å². The summed E-state index contributed by atoms with van der Waals surface area (Å²) in [4.78, 5) is 28.9. The Morgan fingerprint density at radius 3 is 2.86 bits per heavy atom. The van der Waals surface area contributed by atoms with Crippen LogP contribution < -0.4 is 11.0 Å². The van der Waals surface area contributed by atoms with Crippen molar-refractivity contribution in [2.24, 2.45) is 0 Å². The third-order valence-corrected chi connectivity index (χ3v) is 5.88. The molecule has 3 aromatic rings. The topological polar surface area (TPSA) is 120 Å². The molecule has 11 heteroatoms. The molecule has 0 radical (unpaired) electrons. The zero-order valence-corrected chi connectivity index (χ0v) is 16.9. The molecule has 154 valence electrons. The molecule has 0 saturated carbocycles. The molecule has 10 nitrogen and oxygen atoms in total. The number of aryl methyl sites for hydroxylation is 2. The van der Waals surface area contributed by atoms with Crippen molar-refractivity contribution in [1.82, 2.24) is 29.0 Å². The van der Waals surface area contributed by atoms with Crippen LogP contribution in [0.15, 0.2) is 34.3 Å². The molecule has 29 heavy (non-hydrogen) atoms. The lowest BCUT2D eigenvalue weighted by molar-refractivity contribution is 0.0949. The van der Waals surface area contributed by atoms with Crippen molar-refractivity contribution in [3.63, 3.8) is 0 Å². The molecule has 0 bridgehead atoms. The van der Waals surface area contributed by atoms with Crippen LogP contribution in [-0.4, -0.2) is 50.9 Å². The van der Waals surface area contributed by atoms with Gasteiger partial charge in [0.2, 0.25) is 15.0 Å². The number of sulfone groups is 1. The number of nitrogens with one attached hydrogen (secondary N) is 1. The van der Waals surface area contributed by atoms with Gasteiger partial charge >= 0.3 is 5.69 Å². The first-order valence-corrected chi connectivity index (χ1v) is 11.4. The molecule has 1 amide bonds. The van der Waals surface area contributed by atoms with Gasteiger partial charge in [0.05, 0.1) is 5.52 Å². The molecule has 0 saturated heterocycles. The molecule has 0 fully saturated rings. The Bertz CT molecular complexity index is 1240. The Kier molecular flexibility index (Phi) is 4.99. The molecule has 4 rings (SSSR count). The van der Waals surface area contributed by atoms with Gasteiger partial charge in [-0.2, -0.15) is 5.10 Å². The second-order valence-electron chi connectivity index (χ2n) is 7.11. The van der Waals surface area contributed by atoms with Crippen LogP contribution in [0.1, 0.15) is 35.6 Å². The molecule has 0 spiro atoms. The molecule has 1 aliphatic rings. The number of hydrogen-bond donors (Lipinski definition) is 1. The Hall–Kier alpha value is -2.95. The number of carbonyl (C=O) groups is 1. The lowest BCUT2D eigenvalue weighted by Crippen LogP contribution is -2.29. The molecule has 3 aromatic heterocycles. The van der Waals surface area contributed by atoms with Crippen molar-refractivity contribution in [1.29, 1.82) is 0 Å². The maximum Gasteiger partial charge on any atom is 0.345 e. The van der Waals surface area contributed by atoms with Gasteiger partial charge in [0.1, 0.15) is 5.82 Å². The van der Waals surface area contributed by atoms with E-state index in [1.807, 2.05) is 0 Å². The summed E-state index contributed by atoms with van der Waals surface area (Å²) in [5, 5.41) is 6.94. The van der Waals surface area contributed by atoms with Gasteiger partial charge in [-0.3, -0.25) is 13.8 Å². The molecular weight excluding hydrogens is 396 g/mol. The van der Waals surface area contributed by atoms with E-state index >= 15 is 0 Å². The van der Waals surface area contributed by atoms with E-state index in [4.69, 9.17) is 0 Å². The van der Waals surface area contributed by atoms with Crippen LogP contribution in [0.2, 0.25) is 0 Å². The highest BCUT2D eigenvalue weighted by Crippen LogP contribution is 2.17. The standard InChI is InChI=1S/C18H22N6O4S/c1-29(27,28)17-20-15(13-7-2-4-10-22(13)17)16(25)19-9-6-12-24-18(26)23-11-5-3-8-14(23)21-24/h2,4,7,10H,3,5-6,8-9,11-12H2,1H3,(H,19,25). The first-order chi connectivity index (χ1) is 13.9. The van der Waals surface area contributed by atoms with Crippen molar-refractivity contribution >= 4 is 21.3 Å². The number of hydrogen-bond acceptors (Lipinski definition) is 6. The van der Waals surface area contributed by atoms with Crippen molar-refractivity contribution < 1.29 is 13.2 Å². The van der Waals surface area contributed by atoms with E-state index in [9.17, 15) is 18.0 Å². The van der Waals surface area contributed by atoms with E-state index in [2.05, 4.69) is 15.4 Å². The fraction of sp³-hybridized carbons (Fsp3) is 0.444. The van der Waals surface area contributed by atoms with Crippen molar-refractivity contribution in [3.8, 4) is 0 Å². The Morgan fingerprint density at radius 2 is 2.10 bits per heavy atom. The normalized spacial score (nSPS) is 14.1. The van der Waals surface area contributed by atoms with Crippen molar-refractivity contribution in [3.05, 3.63) is 46.4 Å². The predicted molar refractivity (Wildman–Crippen MR) is 105 cm³/mol. The van der Waals surface area contributed by atoms with Crippen LogP contribution in [0.4, 0.5) is 0 Å². The largest absolute Gasteiger partial charge is 0.351 e. The van der Waals surface area contributed by atoms with Crippen LogP contribution in [-0.2, 0) is 29.3 Å². The maximum atomic E-state index is 12.6. The van der Waals surface area contributed by atoms with Gasteiger partial charge in [0, 0.05) is 38.5 Å². The van der Waals surface area contributed by atoms with Gasteiger partial charge in [-0.1, -0.05) is 6.07 Å². The zero-order chi connectivity index (χ0) is 20.6. The Balaban J connectivity index is 1.43. The summed E-state index contributed by atoms with van der Waals surface area (Å²) in [6, 6.07) is 5.03. The fourth-order valence-electron chi connectivity index (χ4n) is 3.55. The minimum absolute atomic E-state index is 0.0562. The van der Waals surface area contributed by atoms with Crippen LogP contribution in [0, 0.1) is 0 Å². The number of nitrogens with zero attached hydrogens (tertiary/aromatic N) is 5. The summed E-state index contributed by atoms with van der Waals surface area (Å²) in [6.45, 7) is 1.42. The molecule has 0 atom stereocenters. The first kappa shape index (κ1) is 19.4. The second-order valence-corrected chi connectivity index (χ2v) is 9.02. The summed E-state index contributed by atoms with van der Waals surface area (Å²) in [5.74, 6) is 0.364. The number of pyridine rings is 1. The van der Waals surface area contributed by atoms with Crippen molar-refractivity contribution in [2.75, 3.05) is 12.8 Å². The van der Waals surface area contributed by atoms with Gasteiger partial charge in [0.15, 0.2) is 5.69 Å². The maximum absolute atomic E-state index is 12.6. The van der Waals surface area contributed by atoms with Gasteiger partial charge in [-0.15, -0.1) is 0 Å². The molecule has 0 aliphatic carbocycles. The predicted octanol–water partition coefficient (Wildman–Crippen LogP) is 0.252. The quantitative estimate of drug-likeness (QED) is 0.573. The summed E-state index contributed by atoms with van der Waals surface area (Å²) in [5.41, 5.74) is 0.369. The number of carbonyl (C=O) groups excluding carboxylic acids is 1. The average molecular weight is 418 g/mol. The zero-order valence-electron chi connectivity index (χ0n) is 16.0. The third kappa shape index (κ3) is 3.69. The van der Waals surface area contributed by atoms with Crippen LogP contribution >= 0.6 is 0 Å². The Labute approximate surface area is 167 Å².